The number of carboxylic acid groups (broad SMARTS) is 1. The minimum absolute atomic E-state index is 0. The van der Waals surface area contributed by atoms with Gasteiger partial charge in [-0.2, -0.15) is 0 Å². The Balaban J connectivity index is -0.0000000782. The molecule has 0 bridgehead atoms. The van der Waals surface area contributed by atoms with Crippen LogP contribution in [-0.4, -0.2) is 18.4 Å². The van der Waals surface area contributed by atoms with Crippen molar-refractivity contribution >= 4 is 33.2 Å². The molecule has 1 aromatic carbocycles. The van der Waals surface area contributed by atoms with E-state index in [0.29, 0.717) is 11.3 Å². The quantitative estimate of drug-likeness (QED) is 0.194. The van der Waals surface area contributed by atoms with Gasteiger partial charge in [-0.3, -0.25) is 4.79 Å². The Morgan fingerprint density at radius 2 is 1.25 bits per heavy atom. The van der Waals surface area contributed by atoms with Gasteiger partial charge in [0.1, 0.15) is 0 Å². The Labute approximate surface area is 374 Å². The molecule has 28 heavy (non-hydrogen) atoms. The number of rotatable bonds is 5. The van der Waals surface area contributed by atoms with Gasteiger partial charge in [0.05, 0.1) is 28.2 Å². The first-order chi connectivity index (χ1) is 10.3. The molecule has 0 saturated carbocycles. The van der Waals surface area contributed by atoms with Crippen LogP contribution in [0.5, 0.6) is 0 Å². The average molecular weight is 563 g/mol. The Morgan fingerprint density at radius 1 is 0.893 bits per heavy atom. The van der Waals surface area contributed by atoms with Gasteiger partial charge in [0.15, 0.2) is 0 Å². The molecule has 0 aliphatic carbocycles. The van der Waals surface area contributed by atoms with Crippen LogP contribution in [0.3, 0.4) is 0 Å². The van der Waals surface area contributed by atoms with E-state index in [9.17, 15) is 43.4 Å². The Morgan fingerprint density at radius 3 is 1.50 bits per heavy atom. The number of amides is 1. The van der Waals surface area contributed by atoms with E-state index in [1.807, 2.05) is 0 Å². The van der Waals surface area contributed by atoms with Crippen molar-refractivity contribution in [1.82, 2.24) is 5.32 Å². The largest absolute Gasteiger partial charge is 1.00 e. The van der Waals surface area contributed by atoms with E-state index in [4.69, 9.17) is 5.73 Å². The molecule has 0 aliphatic rings. The van der Waals surface area contributed by atoms with Gasteiger partial charge < -0.3 is 54.0 Å². The maximum atomic E-state index is 11.2. The van der Waals surface area contributed by atoms with Gasteiger partial charge in [-0.25, -0.2) is 0 Å². The minimum Gasteiger partial charge on any atom is -0.790 e. The summed E-state index contributed by atoms with van der Waals surface area (Å²) >= 11 is 0. The van der Waals surface area contributed by atoms with Crippen LogP contribution in [0.1, 0.15) is 10.4 Å². The fraction of sp³-hybridized carbons (Fsp3) is 0.111. The van der Waals surface area contributed by atoms with E-state index in [1.165, 1.54) is 12.1 Å². The summed E-state index contributed by atoms with van der Waals surface area (Å²) < 4.78 is 21.2. The molecule has 19 heteroatoms. The zero-order valence-electron chi connectivity index (χ0n) is 16.1. The molecule has 0 unspecified atom stereocenters. The first-order valence-corrected chi connectivity index (χ1v) is 8.31. The number of nitrogen functional groups attached to an aromatic ring is 1. The summed E-state index contributed by atoms with van der Waals surface area (Å²) in [5.41, 5.74) is 6.32. The van der Waals surface area contributed by atoms with Crippen molar-refractivity contribution in [3.8, 4) is 0 Å². The molecule has 0 atom stereocenters. The number of hydrogen-bond donors (Lipinski definition) is 2. The summed E-state index contributed by atoms with van der Waals surface area (Å²) in [6.45, 7) is -0.497. The predicted octanol–water partition coefficient (Wildman–Crippen LogP) is -19.6. The van der Waals surface area contributed by atoms with Crippen LogP contribution < -0.4 is 293 Å². The number of nitrogens with two attached hydrogens (primary N) is 1. The second-order valence-electron chi connectivity index (χ2n) is 3.65. The second-order valence-corrected chi connectivity index (χ2v) is 6.09. The van der Waals surface area contributed by atoms with E-state index in [1.54, 1.807) is 12.1 Å². The number of anilines is 1. The van der Waals surface area contributed by atoms with Crippen LogP contribution >= 0.6 is 15.6 Å². The third kappa shape index (κ3) is 32.4. The summed E-state index contributed by atoms with van der Waals surface area (Å²) in [6, 6.07) is 6.15. The van der Waals surface area contributed by atoms with Crippen LogP contribution in [0.15, 0.2) is 24.3 Å². The predicted molar refractivity (Wildman–Crippen MR) is 64.5 cm³/mol. The van der Waals surface area contributed by atoms with Crippen LogP contribution in [-0.2, 0) is 18.2 Å². The molecule has 0 heterocycles. The van der Waals surface area contributed by atoms with E-state index >= 15 is 0 Å². The summed E-state index contributed by atoms with van der Waals surface area (Å²) in [7, 11) is -11.4. The monoisotopic (exact) mass is 562 g/mol. The van der Waals surface area contributed by atoms with E-state index in [2.05, 4.69) is 9.63 Å². The van der Waals surface area contributed by atoms with Crippen molar-refractivity contribution in [2.24, 2.45) is 0 Å². The fourth-order valence-electron chi connectivity index (χ4n) is 1.01. The zero-order chi connectivity index (χ0) is 18.3. The van der Waals surface area contributed by atoms with Gasteiger partial charge in [0.2, 0.25) is 0 Å². The Bertz CT molecular complexity index is 633. The summed E-state index contributed by atoms with van der Waals surface area (Å²) in [4.78, 5) is 58.6. The number of phosphoric acid groups is 2. The van der Waals surface area contributed by atoms with Crippen molar-refractivity contribution in [1.29, 1.82) is 0 Å². The normalized spacial score (nSPS) is 9.14. The molecule has 0 aromatic heterocycles. The van der Waals surface area contributed by atoms with E-state index in [0.717, 1.165) is 0 Å². The van der Waals surface area contributed by atoms with Crippen LogP contribution in [0.25, 0.3) is 0 Å². The molecule has 12 nitrogen and oxygen atoms in total. The SMILES string of the molecule is Nc1ccc(C(=O)NCC(=O)[O-])cc1.O=P([O-])([O-])OP(=O)([O-])[O-].[K+].[K+].[K+].[K+].[K+]. The second kappa shape index (κ2) is 25.1. The van der Waals surface area contributed by atoms with Gasteiger partial charge in [-0.15, -0.1) is 0 Å². The third-order valence-electron chi connectivity index (χ3n) is 1.77. The Hall–Kier alpha value is 6.40. The van der Waals surface area contributed by atoms with Crippen LogP contribution in [0.2, 0.25) is 0 Å². The minimum atomic E-state index is -5.68. The summed E-state index contributed by atoms with van der Waals surface area (Å²) in [6.07, 6.45) is 0. The van der Waals surface area contributed by atoms with Crippen LogP contribution in [0, 0.1) is 0 Å². The van der Waals surface area contributed by atoms with Gasteiger partial charge in [-0.1, -0.05) is 0 Å². The number of aliphatic carboxylic acids is 1. The number of carboxylic acids is 1. The molecule has 0 saturated heterocycles. The molecule has 0 spiro atoms. The number of hydrogen-bond acceptors (Lipinski definition) is 11. The molecule has 3 N–H and O–H groups in total. The number of carbonyl (C=O) groups excluding carboxylic acids is 2. The van der Waals surface area contributed by atoms with Gasteiger partial charge >= 0.3 is 257 Å². The van der Waals surface area contributed by atoms with Crippen LogP contribution in [0.4, 0.5) is 5.69 Å². The van der Waals surface area contributed by atoms with E-state index < -0.39 is 34.1 Å². The zero-order valence-corrected chi connectivity index (χ0v) is 33.5. The average Bonchev–Trinajstić information content (AvgIpc) is 2.33. The van der Waals surface area contributed by atoms with Crippen molar-refractivity contribution in [2.75, 3.05) is 12.3 Å². The molecule has 0 fully saturated rings. The number of benzene rings is 1. The number of carbonyl (C=O) groups is 2. The van der Waals surface area contributed by atoms with Gasteiger partial charge in [0.25, 0.3) is 5.91 Å². The van der Waals surface area contributed by atoms with E-state index in [-0.39, 0.29) is 257 Å². The maximum absolute atomic E-state index is 11.2. The van der Waals surface area contributed by atoms with Gasteiger partial charge in [-0.05, 0) is 24.3 Å². The maximum Gasteiger partial charge on any atom is 1.00 e. The first kappa shape index (κ1) is 47.6. The first-order valence-electron chi connectivity index (χ1n) is 5.39. The standard InChI is InChI=1S/C9H10N2O3.5K.H4O7P2/c10-7-3-1-6(2-4-7)9(14)11-5-8(12)13;;;;;;1-8(2,3)7-9(4,5)6/h1-4H,5,10H2,(H,11,14)(H,12,13);;;;;;(H2,1,2,3)(H2,4,5,6)/q;5*+1;/p-5. The third-order valence-corrected chi connectivity index (χ3v) is 3.37. The molecule has 1 aromatic rings. The summed E-state index contributed by atoms with van der Waals surface area (Å²) in [5.74, 6) is -1.79. The Kier molecular flexibility index (Phi) is 42.6. The molecular weight excluding hydrogens is 554 g/mol. The number of nitrogens with one attached hydrogen (secondary N) is 1. The molecule has 1 rings (SSSR count). The van der Waals surface area contributed by atoms with Crippen molar-refractivity contribution in [3.05, 3.63) is 29.8 Å². The molecular formula is C9H9K5N2O10P2. The van der Waals surface area contributed by atoms with Crippen molar-refractivity contribution in [3.63, 3.8) is 0 Å². The molecule has 0 radical (unpaired) electrons. The van der Waals surface area contributed by atoms with Gasteiger partial charge in [0, 0.05) is 11.3 Å². The van der Waals surface area contributed by atoms with Crippen molar-refractivity contribution in [2.45, 2.75) is 0 Å². The topological polar surface area (TPSA) is 231 Å². The smallest absolute Gasteiger partial charge is 0.790 e. The molecule has 130 valence electrons. The fourth-order valence-corrected chi connectivity index (χ4v) is 1.99. The summed E-state index contributed by atoms with van der Waals surface area (Å²) in [5, 5.41) is 12.2. The molecule has 0 aliphatic heterocycles. The molecule has 1 amide bonds. The van der Waals surface area contributed by atoms with Crippen molar-refractivity contribution < 1.29 is 305 Å².